The monoisotopic (exact) mass is 319 g/mol. The van der Waals surface area contributed by atoms with E-state index in [2.05, 4.69) is 28.1 Å². The van der Waals surface area contributed by atoms with Crippen molar-refractivity contribution in [1.82, 2.24) is 14.8 Å². The fraction of sp³-hybridized carbons (Fsp3) is 0.471. The van der Waals surface area contributed by atoms with Crippen molar-refractivity contribution in [2.75, 3.05) is 13.6 Å². The molecule has 1 aliphatic carbocycles. The molecule has 1 amide bonds. The van der Waals surface area contributed by atoms with Crippen LogP contribution in [0.3, 0.4) is 0 Å². The molecule has 0 radical (unpaired) electrons. The van der Waals surface area contributed by atoms with Crippen molar-refractivity contribution in [2.24, 2.45) is 0 Å². The van der Waals surface area contributed by atoms with Crippen LogP contribution in [0.2, 0.25) is 5.02 Å². The molecule has 1 aromatic heterocycles. The first-order valence-electron chi connectivity index (χ1n) is 7.77. The minimum absolute atomic E-state index is 0.0804. The van der Waals surface area contributed by atoms with Crippen LogP contribution < -0.4 is 5.32 Å². The topological polar surface area (TPSA) is 37.3 Å². The van der Waals surface area contributed by atoms with Crippen LogP contribution in [0.25, 0.3) is 10.9 Å². The number of hydrogen-bond acceptors (Lipinski definition) is 2. The third kappa shape index (κ3) is 3.45. The Morgan fingerprint density at radius 3 is 2.91 bits per heavy atom. The minimum atomic E-state index is 0.0804. The van der Waals surface area contributed by atoms with Gasteiger partial charge in [0.2, 0.25) is 5.91 Å². The van der Waals surface area contributed by atoms with Crippen LogP contribution in [0.1, 0.15) is 25.3 Å². The number of halogens is 1. The van der Waals surface area contributed by atoms with Gasteiger partial charge in [-0.2, -0.15) is 0 Å². The summed E-state index contributed by atoms with van der Waals surface area (Å²) >= 11 is 6.33. The molecule has 0 spiro atoms. The van der Waals surface area contributed by atoms with Crippen molar-refractivity contribution in [3.8, 4) is 0 Å². The molecule has 1 saturated carbocycles. The van der Waals surface area contributed by atoms with Gasteiger partial charge in [0.1, 0.15) is 0 Å². The highest BCUT2D eigenvalue weighted by Crippen LogP contribution is 2.27. The van der Waals surface area contributed by atoms with Crippen molar-refractivity contribution in [1.29, 1.82) is 0 Å². The lowest BCUT2D eigenvalue weighted by atomic mass is 10.1. The number of aromatic nitrogens is 1. The Morgan fingerprint density at radius 1 is 1.45 bits per heavy atom. The standard InChI is InChI=1S/C17H22ClN3O/c1-12(22)20(2)7-8-21-11-16(18)15-6-3-13(9-17(15)21)10-19-14-4-5-14/h3,6,9,11,14,19H,4-5,7-8,10H2,1-2H3. The molecule has 1 aliphatic rings. The number of likely N-dealkylation sites (N-methyl/N-ethyl adjacent to an activating group) is 1. The van der Waals surface area contributed by atoms with Gasteiger partial charge >= 0.3 is 0 Å². The van der Waals surface area contributed by atoms with Crippen molar-refractivity contribution >= 4 is 28.4 Å². The average Bonchev–Trinajstić information content (AvgIpc) is 3.27. The number of carbonyl (C=O) groups is 1. The summed E-state index contributed by atoms with van der Waals surface area (Å²) in [5.74, 6) is 0.0804. The van der Waals surface area contributed by atoms with Gasteiger partial charge in [0.15, 0.2) is 0 Å². The Balaban J connectivity index is 1.78. The SMILES string of the molecule is CC(=O)N(C)CCn1cc(Cl)c2ccc(CNC3CC3)cc21. The fourth-order valence-corrected chi connectivity index (χ4v) is 2.83. The van der Waals surface area contributed by atoms with Gasteiger partial charge in [0.25, 0.3) is 0 Å². The van der Waals surface area contributed by atoms with Crippen molar-refractivity contribution in [3.63, 3.8) is 0 Å². The quantitative estimate of drug-likeness (QED) is 0.888. The number of benzene rings is 1. The Kier molecular flexibility index (Phi) is 4.41. The lowest BCUT2D eigenvalue weighted by molar-refractivity contribution is -0.127. The van der Waals surface area contributed by atoms with Gasteiger partial charge in [-0.15, -0.1) is 0 Å². The molecule has 118 valence electrons. The average molecular weight is 320 g/mol. The van der Waals surface area contributed by atoms with E-state index in [1.165, 1.54) is 18.4 Å². The second-order valence-corrected chi connectivity index (χ2v) is 6.52. The summed E-state index contributed by atoms with van der Waals surface area (Å²) in [5, 5.41) is 5.37. The van der Waals surface area contributed by atoms with E-state index in [0.717, 1.165) is 29.0 Å². The van der Waals surface area contributed by atoms with E-state index in [4.69, 9.17) is 11.6 Å². The zero-order valence-electron chi connectivity index (χ0n) is 13.1. The normalized spacial score (nSPS) is 14.5. The molecule has 1 aromatic carbocycles. The molecule has 2 aromatic rings. The van der Waals surface area contributed by atoms with Crippen LogP contribution in [0.4, 0.5) is 0 Å². The summed E-state index contributed by atoms with van der Waals surface area (Å²) in [6, 6.07) is 7.13. The number of carbonyl (C=O) groups excluding carboxylic acids is 1. The summed E-state index contributed by atoms with van der Waals surface area (Å²) in [5.41, 5.74) is 2.41. The molecule has 0 bridgehead atoms. The van der Waals surface area contributed by atoms with Crippen LogP contribution in [0, 0.1) is 0 Å². The number of nitrogens with one attached hydrogen (secondary N) is 1. The second kappa shape index (κ2) is 6.31. The van der Waals surface area contributed by atoms with Gasteiger partial charge in [-0.1, -0.05) is 23.7 Å². The van der Waals surface area contributed by atoms with Crippen LogP contribution in [-0.4, -0.2) is 35.0 Å². The zero-order chi connectivity index (χ0) is 15.7. The Morgan fingerprint density at radius 2 is 2.23 bits per heavy atom. The smallest absolute Gasteiger partial charge is 0.219 e. The molecular weight excluding hydrogens is 298 g/mol. The van der Waals surface area contributed by atoms with E-state index in [-0.39, 0.29) is 5.91 Å². The summed E-state index contributed by atoms with van der Waals surface area (Å²) < 4.78 is 2.14. The Labute approximate surface area is 136 Å². The number of amides is 1. The zero-order valence-corrected chi connectivity index (χ0v) is 13.9. The van der Waals surface area contributed by atoms with E-state index < -0.39 is 0 Å². The van der Waals surface area contributed by atoms with Crippen LogP contribution in [-0.2, 0) is 17.9 Å². The summed E-state index contributed by atoms with van der Waals surface area (Å²) in [7, 11) is 1.82. The molecule has 0 saturated heterocycles. The van der Waals surface area contributed by atoms with Gasteiger partial charge in [-0.25, -0.2) is 0 Å². The van der Waals surface area contributed by atoms with E-state index >= 15 is 0 Å². The summed E-state index contributed by atoms with van der Waals surface area (Å²) in [6.07, 6.45) is 4.54. The first-order chi connectivity index (χ1) is 10.5. The maximum absolute atomic E-state index is 11.3. The summed E-state index contributed by atoms with van der Waals surface area (Å²) in [6.45, 7) is 3.91. The van der Waals surface area contributed by atoms with Crippen molar-refractivity contribution in [3.05, 3.63) is 35.0 Å². The van der Waals surface area contributed by atoms with Crippen LogP contribution in [0.15, 0.2) is 24.4 Å². The molecule has 22 heavy (non-hydrogen) atoms. The van der Waals surface area contributed by atoms with Crippen molar-refractivity contribution < 1.29 is 4.79 Å². The Hall–Kier alpha value is -1.52. The van der Waals surface area contributed by atoms with Crippen LogP contribution >= 0.6 is 11.6 Å². The van der Waals surface area contributed by atoms with Gasteiger partial charge in [0.05, 0.1) is 5.02 Å². The van der Waals surface area contributed by atoms with E-state index in [1.54, 1.807) is 11.8 Å². The van der Waals surface area contributed by atoms with E-state index in [1.807, 2.05) is 13.2 Å². The highest BCUT2D eigenvalue weighted by molar-refractivity contribution is 6.35. The van der Waals surface area contributed by atoms with E-state index in [9.17, 15) is 4.79 Å². The Bertz CT molecular complexity index is 691. The second-order valence-electron chi connectivity index (χ2n) is 6.12. The molecule has 1 heterocycles. The lowest BCUT2D eigenvalue weighted by Gasteiger charge is -2.15. The molecule has 1 N–H and O–H groups in total. The largest absolute Gasteiger partial charge is 0.344 e. The first kappa shape index (κ1) is 15.4. The highest BCUT2D eigenvalue weighted by Gasteiger charge is 2.20. The van der Waals surface area contributed by atoms with E-state index in [0.29, 0.717) is 12.6 Å². The molecule has 1 fully saturated rings. The molecule has 4 nitrogen and oxygen atoms in total. The number of hydrogen-bond donors (Lipinski definition) is 1. The maximum Gasteiger partial charge on any atom is 0.219 e. The molecule has 5 heteroatoms. The molecule has 0 atom stereocenters. The van der Waals surface area contributed by atoms with Gasteiger partial charge in [0, 0.05) is 56.7 Å². The highest BCUT2D eigenvalue weighted by atomic mass is 35.5. The maximum atomic E-state index is 11.3. The molecular formula is C17H22ClN3O. The van der Waals surface area contributed by atoms with Gasteiger partial charge in [-0.05, 0) is 24.5 Å². The fourth-order valence-electron chi connectivity index (χ4n) is 2.55. The molecule has 3 rings (SSSR count). The third-order valence-electron chi connectivity index (χ3n) is 4.28. The lowest BCUT2D eigenvalue weighted by Crippen LogP contribution is -2.27. The predicted molar refractivity (Wildman–Crippen MR) is 90.1 cm³/mol. The first-order valence-corrected chi connectivity index (χ1v) is 8.15. The molecule has 0 aliphatic heterocycles. The minimum Gasteiger partial charge on any atom is -0.344 e. The van der Waals surface area contributed by atoms with Gasteiger partial charge < -0.3 is 14.8 Å². The predicted octanol–water partition coefficient (Wildman–Crippen LogP) is 3.03. The van der Waals surface area contributed by atoms with Crippen LogP contribution in [0.5, 0.6) is 0 Å². The number of rotatable bonds is 6. The number of nitrogens with zero attached hydrogens (tertiary/aromatic N) is 2. The van der Waals surface area contributed by atoms with Gasteiger partial charge in [-0.3, -0.25) is 4.79 Å². The third-order valence-corrected chi connectivity index (χ3v) is 4.59. The summed E-state index contributed by atoms with van der Waals surface area (Å²) in [4.78, 5) is 13.0. The van der Waals surface area contributed by atoms with Crippen molar-refractivity contribution in [2.45, 2.75) is 38.9 Å². The number of fused-ring (bicyclic) bond motifs is 1. The molecule has 0 unspecified atom stereocenters.